The molecule has 1 saturated heterocycles. The molecule has 2 N–H and O–H groups in total. The van der Waals surface area contributed by atoms with E-state index in [9.17, 15) is 19.8 Å². The second-order valence-electron chi connectivity index (χ2n) is 7.09. The highest BCUT2D eigenvalue weighted by Gasteiger charge is 2.46. The molecule has 7 nitrogen and oxygen atoms in total. The van der Waals surface area contributed by atoms with Crippen LogP contribution in [-0.2, 0) is 9.59 Å². The lowest BCUT2D eigenvalue weighted by atomic mass is 9.95. The van der Waals surface area contributed by atoms with Gasteiger partial charge in [0, 0.05) is 19.2 Å². The number of hydrogen-bond acceptors (Lipinski definition) is 6. The number of carbonyl (C=O) groups is 2. The number of aliphatic hydroxyl groups is 1. The Morgan fingerprint density at radius 2 is 1.83 bits per heavy atom. The van der Waals surface area contributed by atoms with Gasteiger partial charge < -0.3 is 24.7 Å². The first-order valence-electron chi connectivity index (χ1n) is 9.20. The number of hydrogen-bond donors (Lipinski definition) is 2. The number of benzene rings is 2. The van der Waals surface area contributed by atoms with Crippen LogP contribution in [0.4, 0.5) is 0 Å². The van der Waals surface area contributed by atoms with Crippen molar-refractivity contribution in [2.75, 3.05) is 34.3 Å². The topological polar surface area (TPSA) is 90.3 Å². The molecule has 7 heteroatoms. The Morgan fingerprint density at radius 1 is 1.14 bits per heavy atom. The summed E-state index contributed by atoms with van der Waals surface area (Å²) in [6.07, 6.45) is 0. The summed E-state index contributed by atoms with van der Waals surface area (Å²) >= 11 is 0. The third kappa shape index (κ3) is 3.95. The lowest BCUT2D eigenvalue weighted by Gasteiger charge is -2.26. The number of rotatable bonds is 6. The molecule has 1 aliphatic rings. The van der Waals surface area contributed by atoms with Crippen molar-refractivity contribution < 1.29 is 24.5 Å². The maximum Gasteiger partial charge on any atom is 0.295 e. The molecule has 1 heterocycles. The van der Waals surface area contributed by atoms with Gasteiger partial charge in [0.25, 0.3) is 11.7 Å². The molecule has 1 fully saturated rings. The molecular weight excluding hydrogens is 372 g/mol. The van der Waals surface area contributed by atoms with E-state index in [2.05, 4.69) is 0 Å². The fourth-order valence-corrected chi connectivity index (χ4v) is 3.38. The first-order valence-corrected chi connectivity index (χ1v) is 9.20. The molecule has 0 aliphatic carbocycles. The number of amides is 1. The quantitative estimate of drug-likeness (QED) is 0.443. The highest BCUT2D eigenvalue weighted by molar-refractivity contribution is 6.46. The first-order chi connectivity index (χ1) is 13.8. The van der Waals surface area contributed by atoms with Crippen LogP contribution in [0.3, 0.4) is 0 Å². The Balaban J connectivity index is 2.15. The van der Waals surface area contributed by atoms with E-state index in [4.69, 9.17) is 4.74 Å². The zero-order valence-corrected chi connectivity index (χ0v) is 16.6. The number of aromatic hydroxyl groups is 1. The van der Waals surface area contributed by atoms with E-state index in [1.807, 2.05) is 37.2 Å². The van der Waals surface area contributed by atoms with Crippen LogP contribution < -0.4 is 4.74 Å². The molecular formula is C22H24N2O5. The molecule has 2 aromatic rings. The van der Waals surface area contributed by atoms with E-state index < -0.39 is 23.5 Å². The van der Waals surface area contributed by atoms with Gasteiger partial charge in [-0.1, -0.05) is 30.3 Å². The van der Waals surface area contributed by atoms with E-state index in [-0.39, 0.29) is 16.9 Å². The summed E-state index contributed by atoms with van der Waals surface area (Å²) < 4.78 is 5.06. The predicted molar refractivity (Wildman–Crippen MR) is 109 cm³/mol. The van der Waals surface area contributed by atoms with Crippen molar-refractivity contribution >= 4 is 17.4 Å². The van der Waals surface area contributed by atoms with Gasteiger partial charge in [-0.25, -0.2) is 0 Å². The minimum absolute atomic E-state index is 0.0413. The smallest absolute Gasteiger partial charge is 0.295 e. The Bertz CT molecular complexity index is 953. The average molecular weight is 396 g/mol. The maximum absolute atomic E-state index is 12.9. The molecule has 0 spiro atoms. The summed E-state index contributed by atoms with van der Waals surface area (Å²) in [6, 6.07) is 12.7. The number of phenols is 1. The summed E-state index contributed by atoms with van der Waals surface area (Å²) in [5.74, 6) is -1.69. The number of nitrogens with zero attached hydrogens (tertiary/aromatic N) is 2. The van der Waals surface area contributed by atoms with E-state index in [1.54, 1.807) is 18.2 Å². The molecule has 3 rings (SSSR count). The normalized spacial score (nSPS) is 18.5. The van der Waals surface area contributed by atoms with Gasteiger partial charge in [-0.15, -0.1) is 0 Å². The Hall–Kier alpha value is -3.32. The van der Waals surface area contributed by atoms with Gasteiger partial charge >= 0.3 is 0 Å². The van der Waals surface area contributed by atoms with Gasteiger partial charge in [0.1, 0.15) is 17.3 Å². The number of likely N-dealkylation sites (tertiary alicyclic amines) is 1. The average Bonchev–Trinajstić information content (AvgIpc) is 2.97. The number of methoxy groups -OCH3 is 1. The minimum atomic E-state index is -0.773. The minimum Gasteiger partial charge on any atom is -0.507 e. The maximum atomic E-state index is 12.9. The summed E-state index contributed by atoms with van der Waals surface area (Å²) in [5, 5.41) is 21.3. The van der Waals surface area contributed by atoms with Gasteiger partial charge in [0.15, 0.2) is 0 Å². The highest BCUT2D eigenvalue weighted by atomic mass is 16.5. The van der Waals surface area contributed by atoms with Crippen molar-refractivity contribution in [1.82, 2.24) is 9.80 Å². The van der Waals surface area contributed by atoms with Crippen LogP contribution in [0.5, 0.6) is 11.5 Å². The van der Waals surface area contributed by atoms with Gasteiger partial charge in [-0.05, 0) is 31.8 Å². The predicted octanol–water partition coefficient (Wildman–Crippen LogP) is 2.38. The summed E-state index contributed by atoms with van der Waals surface area (Å²) in [4.78, 5) is 29.0. The summed E-state index contributed by atoms with van der Waals surface area (Å²) in [5.41, 5.74) is 0.734. The second kappa shape index (κ2) is 8.36. The van der Waals surface area contributed by atoms with Crippen LogP contribution in [0.2, 0.25) is 0 Å². The lowest BCUT2D eigenvalue weighted by Crippen LogP contribution is -2.35. The number of phenolic OH excluding ortho intramolecular Hbond substituents is 1. The molecule has 2 aromatic carbocycles. The van der Waals surface area contributed by atoms with Gasteiger partial charge in [-0.2, -0.15) is 0 Å². The van der Waals surface area contributed by atoms with E-state index in [0.717, 1.165) is 0 Å². The number of Topliss-reactive ketones (excluding diaryl/α,β-unsaturated/α-hetero) is 1. The molecule has 1 amide bonds. The number of aliphatic hydroxyl groups excluding tert-OH is 1. The van der Waals surface area contributed by atoms with Crippen molar-refractivity contribution in [3.63, 3.8) is 0 Å². The SMILES string of the molecule is COc1ccc(C(O)=C2C(=O)C(=O)N(CCN(C)C)[C@@H]2c2ccccc2)c(O)c1. The van der Waals surface area contributed by atoms with Crippen molar-refractivity contribution in [3.05, 3.63) is 65.2 Å². The van der Waals surface area contributed by atoms with Crippen LogP contribution in [0.25, 0.3) is 5.76 Å². The molecule has 1 aliphatic heterocycles. The fourth-order valence-electron chi connectivity index (χ4n) is 3.38. The van der Waals surface area contributed by atoms with Crippen LogP contribution in [-0.4, -0.2) is 66.0 Å². The third-order valence-electron chi connectivity index (χ3n) is 4.90. The summed E-state index contributed by atoms with van der Waals surface area (Å²) in [7, 11) is 5.22. The monoisotopic (exact) mass is 396 g/mol. The van der Waals surface area contributed by atoms with Crippen LogP contribution >= 0.6 is 0 Å². The fraction of sp³-hybridized carbons (Fsp3) is 0.273. The van der Waals surface area contributed by atoms with E-state index >= 15 is 0 Å². The largest absolute Gasteiger partial charge is 0.507 e. The molecule has 0 aromatic heterocycles. The standard InChI is InChI=1S/C22H24N2O5/c1-23(2)11-12-24-19(14-7-5-4-6-8-14)18(21(27)22(24)28)20(26)16-10-9-15(29-3)13-17(16)25/h4-10,13,19,25-26H,11-12H2,1-3H3/t19-/m1/s1. The molecule has 0 bridgehead atoms. The molecule has 0 saturated carbocycles. The van der Waals surface area contributed by atoms with Gasteiger partial charge in [0.05, 0.1) is 24.3 Å². The van der Waals surface area contributed by atoms with Crippen molar-refractivity contribution in [3.8, 4) is 11.5 Å². The number of likely N-dealkylation sites (N-methyl/N-ethyl adjacent to an activating group) is 1. The van der Waals surface area contributed by atoms with Crippen LogP contribution in [0, 0.1) is 0 Å². The van der Waals surface area contributed by atoms with Crippen molar-refractivity contribution in [2.45, 2.75) is 6.04 Å². The zero-order valence-electron chi connectivity index (χ0n) is 16.6. The zero-order chi connectivity index (χ0) is 21.1. The van der Waals surface area contributed by atoms with E-state index in [1.165, 1.54) is 24.1 Å². The molecule has 0 radical (unpaired) electrons. The molecule has 1 atom stereocenters. The number of carbonyl (C=O) groups excluding carboxylic acids is 2. The Labute approximate surface area is 169 Å². The van der Waals surface area contributed by atoms with Crippen LogP contribution in [0.1, 0.15) is 17.2 Å². The first kappa shape index (κ1) is 20.4. The second-order valence-corrected chi connectivity index (χ2v) is 7.09. The van der Waals surface area contributed by atoms with Crippen molar-refractivity contribution in [1.29, 1.82) is 0 Å². The number of ketones is 1. The molecule has 29 heavy (non-hydrogen) atoms. The lowest BCUT2D eigenvalue weighted by molar-refractivity contribution is -0.140. The Morgan fingerprint density at radius 3 is 2.41 bits per heavy atom. The highest BCUT2D eigenvalue weighted by Crippen LogP contribution is 2.41. The Kier molecular flexibility index (Phi) is 5.89. The third-order valence-corrected chi connectivity index (χ3v) is 4.90. The molecule has 0 unspecified atom stereocenters. The van der Waals surface area contributed by atoms with Crippen molar-refractivity contribution in [2.24, 2.45) is 0 Å². The van der Waals surface area contributed by atoms with E-state index in [0.29, 0.717) is 24.4 Å². The van der Waals surface area contributed by atoms with Gasteiger partial charge in [0.2, 0.25) is 0 Å². The summed E-state index contributed by atoms with van der Waals surface area (Å²) in [6.45, 7) is 0.882. The van der Waals surface area contributed by atoms with Crippen LogP contribution in [0.15, 0.2) is 54.1 Å². The number of ether oxygens (including phenoxy) is 1. The van der Waals surface area contributed by atoms with Gasteiger partial charge in [-0.3, -0.25) is 9.59 Å². The molecule has 152 valence electrons.